The first kappa shape index (κ1) is 19.5. The molecule has 1 heterocycles. The maximum Gasteiger partial charge on any atom is 0.573 e. The third kappa shape index (κ3) is 5.12. The van der Waals surface area contributed by atoms with Gasteiger partial charge >= 0.3 is 6.36 Å². The Balaban J connectivity index is 1.96. The van der Waals surface area contributed by atoms with Crippen LogP contribution in [0, 0.1) is 13.8 Å². The van der Waals surface area contributed by atoms with Gasteiger partial charge in [0.25, 0.3) is 0 Å². The number of nitrogens with one attached hydrogen (secondary N) is 2. The highest BCUT2D eigenvalue weighted by atomic mass is 19.4. The van der Waals surface area contributed by atoms with Gasteiger partial charge < -0.3 is 15.4 Å². The van der Waals surface area contributed by atoms with E-state index in [-0.39, 0.29) is 5.75 Å². The number of ether oxygens (including phenoxy) is 1. The number of benzene rings is 2. The highest BCUT2D eigenvalue weighted by Gasteiger charge is 2.31. The average molecular weight is 388 g/mol. The zero-order chi connectivity index (χ0) is 20.3. The molecule has 2 aromatic carbocycles. The van der Waals surface area contributed by atoms with E-state index in [2.05, 4.69) is 31.4 Å². The van der Waals surface area contributed by atoms with Crippen LogP contribution in [0.2, 0.25) is 0 Å². The van der Waals surface area contributed by atoms with E-state index in [1.807, 2.05) is 26.0 Å². The molecule has 2 N–H and O–H groups in total. The second-order valence-corrected chi connectivity index (χ2v) is 6.29. The lowest BCUT2D eigenvalue weighted by Crippen LogP contribution is -2.17. The van der Waals surface area contributed by atoms with Gasteiger partial charge in [0, 0.05) is 24.4 Å². The van der Waals surface area contributed by atoms with Gasteiger partial charge in [0.05, 0.1) is 5.69 Å². The van der Waals surface area contributed by atoms with Gasteiger partial charge in [-0.3, -0.25) is 0 Å². The average Bonchev–Trinajstić information content (AvgIpc) is 2.59. The molecule has 28 heavy (non-hydrogen) atoms. The van der Waals surface area contributed by atoms with Crippen LogP contribution < -0.4 is 15.4 Å². The van der Waals surface area contributed by atoms with Crippen LogP contribution in [0.4, 0.5) is 30.6 Å². The van der Waals surface area contributed by atoms with E-state index in [0.717, 1.165) is 16.8 Å². The molecular weight excluding hydrogens is 369 g/mol. The van der Waals surface area contributed by atoms with Crippen LogP contribution >= 0.6 is 0 Å². The maximum atomic E-state index is 12.5. The number of aromatic nitrogens is 2. The fourth-order valence-corrected chi connectivity index (χ4v) is 2.82. The Hall–Kier alpha value is -3.29. The van der Waals surface area contributed by atoms with Gasteiger partial charge in [0.15, 0.2) is 0 Å². The molecule has 0 amide bonds. The standard InChI is InChI=1S/C20H19F3N4O/c1-12-7-13(2)9-15(8-12)25-18-11-17(26-19(24-3)27-18)14-5-4-6-16(10-14)28-20(21,22)23/h4-11H,1-3H3,(H2,24,25,26,27). The summed E-state index contributed by atoms with van der Waals surface area (Å²) in [5.41, 5.74) is 3.99. The lowest BCUT2D eigenvalue weighted by Gasteiger charge is -2.12. The molecule has 0 aliphatic rings. The summed E-state index contributed by atoms with van der Waals surface area (Å²) in [5, 5.41) is 6.09. The number of hydrogen-bond donors (Lipinski definition) is 2. The Morgan fingerprint density at radius 3 is 2.29 bits per heavy atom. The summed E-state index contributed by atoms with van der Waals surface area (Å²) in [5.74, 6) is 0.548. The van der Waals surface area contributed by atoms with Gasteiger partial charge in [0.2, 0.25) is 5.95 Å². The number of nitrogens with zero attached hydrogens (tertiary/aromatic N) is 2. The molecule has 0 unspecified atom stereocenters. The predicted molar refractivity (Wildman–Crippen MR) is 103 cm³/mol. The van der Waals surface area contributed by atoms with E-state index in [0.29, 0.717) is 23.0 Å². The summed E-state index contributed by atoms with van der Waals surface area (Å²) in [4.78, 5) is 8.71. The zero-order valence-electron chi connectivity index (χ0n) is 15.6. The number of aryl methyl sites for hydroxylation is 2. The van der Waals surface area contributed by atoms with Gasteiger partial charge in [-0.15, -0.1) is 13.2 Å². The van der Waals surface area contributed by atoms with Crippen LogP contribution in [-0.4, -0.2) is 23.4 Å². The molecule has 0 aliphatic carbocycles. The molecular formula is C20H19F3N4O. The Labute approximate surface area is 160 Å². The molecule has 8 heteroatoms. The summed E-state index contributed by atoms with van der Waals surface area (Å²) < 4.78 is 41.5. The van der Waals surface area contributed by atoms with Crippen molar-refractivity contribution in [2.75, 3.05) is 17.7 Å². The van der Waals surface area contributed by atoms with Crippen LogP contribution in [0.1, 0.15) is 11.1 Å². The van der Waals surface area contributed by atoms with Crippen molar-refractivity contribution in [1.82, 2.24) is 9.97 Å². The Morgan fingerprint density at radius 2 is 1.64 bits per heavy atom. The summed E-state index contributed by atoms with van der Waals surface area (Å²) in [6.45, 7) is 3.99. The van der Waals surface area contributed by atoms with Gasteiger partial charge in [-0.05, 0) is 49.2 Å². The molecule has 0 saturated heterocycles. The minimum atomic E-state index is -4.75. The fourth-order valence-electron chi connectivity index (χ4n) is 2.82. The molecule has 146 valence electrons. The molecule has 0 fully saturated rings. The van der Waals surface area contributed by atoms with Crippen molar-refractivity contribution in [3.05, 3.63) is 59.7 Å². The Bertz CT molecular complexity index is 969. The van der Waals surface area contributed by atoms with Crippen molar-refractivity contribution in [3.63, 3.8) is 0 Å². The first-order valence-corrected chi connectivity index (χ1v) is 8.50. The van der Waals surface area contributed by atoms with E-state index in [1.54, 1.807) is 19.2 Å². The normalized spacial score (nSPS) is 11.2. The van der Waals surface area contributed by atoms with Crippen molar-refractivity contribution in [2.45, 2.75) is 20.2 Å². The van der Waals surface area contributed by atoms with Gasteiger partial charge in [-0.2, -0.15) is 4.98 Å². The minimum Gasteiger partial charge on any atom is -0.406 e. The topological polar surface area (TPSA) is 59.1 Å². The smallest absolute Gasteiger partial charge is 0.406 e. The van der Waals surface area contributed by atoms with Crippen LogP contribution in [0.15, 0.2) is 48.5 Å². The maximum absolute atomic E-state index is 12.5. The van der Waals surface area contributed by atoms with Crippen molar-refractivity contribution in [3.8, 4) is 17.0 Å². The monoisotopic (exact) mass is 388 g/mol. The van der Waals surface area contributed by atoms with Crippen LogP contribution in [-0.2, 0) is 0 Å². The highest BCUT2D eigenvalue weighted by molar-refractivity contribution is 5.68. The van der Waals surface area contributed by atoms with E-state index in [1.165, 1.54) is 18.2 Å². The van der Waals surface area contributed by atoms with Crippen molar-refractivity contribution in [2.24, 2.45) is 0 Å². The first-order chi connectivity index (χ1) is 13.2. The van der Waals surface area contributed by atoms with Crippen LogP contribution in [0.25, 0.3) is 11.3 Å². The molecule has 0 spiro atoms. The second kappa shape index (κ2) is 7.75. The third-order valence-corrected chi connectivity index (χ3v) is 3.81. The molecule has 1 aromatic heterocycles. The van der Waals surface area contributed by atoms with Crippen molar-refractivity contribution >= 4 is 17.5 Å². The molecule has 3 rings (SSSR count). The summed E-state index contributed by atoms with van der Waals surface area (Å²) in [6.07, 6.45) is -4.75. The van der Waals surface area contributed by atoms with E-state index < -0.39 is 6.36 Å². The Kier molecular flexibility index (Phi) is 5.39. The fraction of sp³-hybridized carbons (Fsp3) is 0.200. The molecule has 0 aliphatic heterocycles. The number of halogens is 3. The largest absolute Gasteiger partial charge is 0.573 e. The summed E-state index contributed by atoms with van der Waals surface area (Å²) >= 11 is 0. The van der Waals surface area contributed by atoms with Crippen LogP contribution in [0.5, 0.6) is 5.75 Å². The number of anilines is 3. The second-order valence-electron chi connectivity index (χ2n) is 6.29. The molecule has 3 aromatic rings. The quantitative estimate of drug-likeness (QED) is 0.609. The molecule has 0 bridgehead atoms. The van der Waals surface area contributed by atoms with Gasteiger partial charge in [0.1, 0.15) is 11.6 Å². The Morgan fingerprint density at radius 1 is 0.929 bits per heavy atom. The lowest BCUT2D eigenvalue weighted by molar-refractivity contribution is -0.274. The molecule has 0 saturated carbocycles. The zero-order valence-corrected chi connectivity index (χ0v) is 15.6. The number of rotatable bonds is 5. The van der Waals surface area contributed by atoms with E-state index in [4.69, 9.17) is 0 Å². The SMILES string of the molecule is CNc1nc(Nc2cc(C)cc(C)c2)cc(-c2cccc(OC(F)(F)F)c2)n1. The van der Waals surface area contributed by atoms with E-state index in [9.17, 15) is 13.2 Å². The molecule has 5 nitrogen and oxygen atoms in total. The van der Waals surface area contributed by atoms with Crippen molar-refractivity contribution < 1.29 is 17.9 Å². The molecule has 0 radical (unpaired) electrons. The summed E-state index contributed by atoms with van der Waals surface area (Å²) in [6, 6.07) is 13.4. The molecule has 0 atom stereocenters. The highest BCUT2D eigenvalue weighted by Crippen LogP contribution is 2.29. The number of alkyl halides is 3. The minimum absolute atomic E-state index is 0.307. The van der Waals surface area contributed by atoms with Gasteiger partial charge in [-0.25, -0.2) is 4.98 Å². The first-order valence-electron chi connectivity index (χ1n) is 8.50. The van der Waals surface area contributed by atoms with Crippen LogP contribution in [0.3, 0.4) is 0 Å². The van der Waals surface area contributed by atoms with Crippen molar-refractivity contribution in [1.29, 1.82) is 0 Å². The lowest BCUT2D eigenvalue weighted by atomic mass is 10.1. The third-order valence-electron chi connectivity index (χ3n) is 3.81. The number of hydrogen-bond acceptors (Lipinski definition) is 5. The summed E-state index contributed by atoms with van der Waals surface area (Å²) in [7, 11) is 1.67. The predicted octanol–water partition coefficient (Wildman–Crippen LogP) is 5.44. The van der Waals surface area contributed by atoms with Gasteiger partial charge in [-0.1, -0.05) is 18.2 Å². The van der Waals surface area contributed by atoms with E-state index >= 15 is 0 Å².